The Kier molecular flexibility index (Phi) is 20.6. The summed E-state index contributed by atoms with van der Waals surface area (Å²) in [5.41, 5.74) is 0.314. The van der Waals surface area contributed by atoms with Gasteiger partial charge in [-0.25, -0.2) is 9.59 Å². The van der Waals surface area contributed by atoms with E-state index in [0.29, 0.717) is 25.4 Å². The first-order valence-corrected chi connectivity index (χ1v) is 26.4. The zero-order valence-corrected chi connectivity index (χ0v) is 34.1. The fourth-order valence-corrected chi connectivity index (χ4v) is 17.9. The molecule has 1 amide bonds. The molecule has 1 atom stereocenters. The van der Waals surface area contributed by atoms with Crippen molar-refractivity contribution in [2.45, 2.75) is 142 Å². The predicted molar refractivity (Wildman–Crippen MR) is 193 cm³/mol. The van der Waals surface area contributed by atoms with E-state index in [1.165, 1.54) is 18.9 Å². The van der Waals surface area contributed by atoms with Crippen molar-refractivity contribution in [1.29, 1.82) is 0 Å². The number of carbonyl (C=O) groups is 2. The molecule has 0 fully saturated rings. The highest BCUT2D eigenvalue weighted by atomic mass is 28.4. The first-order valence-electron chi connectivity index (χ1n) is 17.2. The largest absolute Gasteiger partial charge is 0.460 e. The van der Waals surface area contributed by atoms with Crippen molar-refractivity contribution in [1.82, 2.24) is 5.32 Å². The fourth-order valence-electron chi connectivity index (χ4n) is 5.80. The van der Waals surface area contributed by atoms with Crippen LogP contribution >= 0.6 is 0 Å². The second-order valence-electron chi connectivity index (χ2n) is 14.1. The number of rotatable bonds is 26. The highest BCUT2D eigenvalue weighted by Gasteiger charge is 2.54. The maximum Gasteiger partial charge on any atom is 0.407 e. The molecule has 1 unspecified atom stereocenters. The van der Waals surface area contributed by atoms with Crippen LogP contribution in [0.15, 0.2) is 12.2 Å². The molecule has 0 radical (unpaired) electrons. The third-order valence-corrected chi connectivity index (χ3v) is 21.0. The van der Waals surface area contributed by atoms with Crippen LogP contribution in [0.25, 0.3) is 0 Å². The van der Waals surface area contributed by atoms with Crippen molar-refractivity contribution in [3.8, 4) is 0 Å². The zero-order valence-electron chi connectivity index (χ0n) is 31.1. The van der Waals surface area contributed by atoms with Gasteiger partial charge in [-0.2, -0.15) is 0 Å². The molecule has 0 aliphatic heterocycles. The maximum atomic E-state index is 11.7. The van der Waals surface area contributed by atoms with E-state index in [2.05, 4.69) is 85.8 Å². The van der Waals surface area contributed by atoms with Gasteiger partial charge in [0.2, 0.25) is 8.32 Å². The molecule has 0 aromatic rings. The quantitative estimate of drug-likeness (QED) is 0.0421. The molecule has 0 aromatic heterocycles. The minimum Gasteiger partial charge on any atom is -0.460 e. The van der Waals surface area contributed by atoms with Crippen molar-refractivity contribution in [3.63, 3.8) is 0 Å². The van der Waals surface area contributed by atoms with Gasteiger partial charge in [0.1, 0.15) is 13.2 Å². The Bertz CT molecular complexity index is 880. The first kappa shape index (κ1) is 44.0. The fraction of sp³-hybridized carbons (Fsp3) is 0.879. The van der Waals surface area contributed by atoms with Gasteiger partial charge in [0.15, 0.2) is 8.32 Å². The maximum absolute atomic E-state index is 11.7. The normalized spacial score (nSPS) is 14.1. The number of esters is 1. The molecule has 12 heteroatoms. The highest BCUT2D eigenvalue weighted by molar-refractivity contribution is 6.83. The molecule has 0 rings (SSSR count). The summed E-state index contributed by atoms with van der Waals surface area (Å²) in [5.74, 6) is -0.486. The Morgan fingerprint density at radius 2 is 1.31 bits per heavy atom. The number of carbonyl (C=O) groups excluding carboxylic acids is 2. The lowest BCUT2D eigenvalue weighted by Crippen LogP contribution is -2.67. The second kappa shape index (κ2) is 21.0. The van der Waals surface area contributed by atoms with Crippen molar-refractivity contribution in [2.24, 2.45) is 0 Å². The predicted octanol–water partition coefficient (Wildman–Crippen LogP) is 8.01. The van der Waals surface area contributed by atoms with Gasteiger partial charge in [-0.15, -0.1) is 0 Å². The van der Waals surface area contributed by atoms with E-state index >= 15 is 0 Å². The zero-order chi connectivity index (χ0) is 34.8. The van der Waals surface area contributed by atoms with E-state index < -0.39 is 36.8 Å². The summed E-state index contributed by atoms with van der Waals surface area (Å²) < 4.78 is 35.9. The Morgan fingerprint density at radius 3 is 1.84 bits per heavy atom. The number of unbranched alkanes of at least 4 members (excludes halogenated alkanes) is 1. The van der Waals surface area contributed by atoms with Gasteiger partial charge in [-0.1, -0.05) is 66.3 Å². The number of ether oxygens (including phenoxy) is 4. The van der Waals surface area contributed by atoms with Crippen LogP contribution in [0.5, 0.6) is 0 Å². The smallest absolute Gasteiger partial charge is 0.407 e. The average molecular weight is 692 g/mol. The number of alkyl carbamates (subject to hydrolysis) is 1. The Labute approximate surface area is 279 Å². The molecule has 0 aromatic carbocycles. The van der Waals surface area contributed by atoms with Crippen LogP contribution in [0.1, 0.15) is 80.1 Å². The van der Waals surface area contributed by atoms with Crippen LogP contribution in [-0.2, 0) is 32.6 Å². The Morgan fingerprint density at radius 1 is 0.733 bits per heavy atom. The van der Waals surface area contributed by atoms with Crippen molar-refractivity contribution in [3.05, 3.63) is 12.2 Å². The van der Waals surface area contributed by atoms with Gasteiger partial charge in [-0.3, -0.25) is 0 Å². The topological polar surface area (TPSA) is 102 Å². The lowest BCUT2D eigenvalue weighted by molar-refractivity contribution is -0.138. The van der Waals surface area contributed by atoms with E-state index in [4.69, 9.17) is 27.8 Å². The molecule has 0 saturated carbocycles. The standard InChI is InChI=1S/C33H69NO8Si3/c1-14-18-28-44(10,11)41-32(7,15-2)45(12,13)42-33(16-3,17-4)43(8,9)27-19-21-37-23-24-38-25-26-40-31(36)34-20-22-39-30(35)29(5)6/h5,14-28H2,1-4,6-13H3,(H,34,36). The SMILES string of the molecule is C=C(C)C(=O)OCCNC(=O)OCCOCCOCCC[Si](C)(C)C(CC)(CC)O[Si](C)(C)C(C)(CC)O[Si](C)(C)CCCC. The van der Waals surface area contributed by atoms with Gasteiger partial charge in [0.05, 0.1) is 39.7 Å². The molecule has 266 valence electrons. The van der Waals surface area contributed by atoms with Crippen LogP contribution in [0, 0.1) is 0 Å². The van der Waals surface area contributed by atoms with E-state index in [-0.39, 0.29) is 36.8 Å². The molecule has 0 bridgehead atoms. The van der Waals surface area contributed by atoms with Gasteiger partial charge in [-0.05, 0) is 71.8 Å². The van der Waals surface area contributed by atoms with Crippen LogP contribution in [0.4, 0.5) is 4.79 Å². The molecule has 45 heavy (non-hydrogen) atoms. The number of hydrogen-bond acceptors (Lipinski definition) is 8. The summed E-state index contributed by atoms with van der Waals surface area (Å²) in [6.07, 6.45) is 5.87. The number of nitrogens with one attached hydrogen (secondary N) is 1. The van der Waals surface area contributed by atoms with Gasteiger partial charge in [0.25, 0.3) is 0 Å². The molecular weight excluding hydrogens is 623 g/mol. The highest BCUT2D eigenvalue weighted by Crippen LogP contribution is 2.43. The summed E-state index contributed by atoms with van der Waals surface area (Å²) in [5, 5.41) is 2.21. The van der Waals surface area contributed by atoms with Crippen LogP contribution < -0.4 is 5.32 Å². The van der Waals surface area contributed by atoms with Crippen molar-refractivity contribution >= 4 is 36.8 Å². The molecule has 1 N–H and O–H groups in total. The van der Waals surface area contributed by atoms with Crippen molar-refractivity contribution in [2.75, 3.05) is 46.2 Å². The Balaban J connectivity index is 4.67. The third kappa shape index (κ3) is 15.6. The van der Waals surface area contributed by atoms with E-state index in [1.54, 1.807) is 6.92 Å². The monoisotopic (exact) mass is 691 g/mol. The van der Waals surface area contributed by atoms with Gasteiger partial charge < -0.3 is 33.1 Å². The molecule has 0 saturated heterocycles. The Hall–Kier alpha value is -1.03. The number of amides is 1. The van der Waals surface area contributed by atoms with Gasteiger partial charge in [0, 0.05) is 17.4 Å². The molecule has 0 heterocycles. The molecule has 9 nitrogen and oxygen atoms in total. The van der Waals surface area contributed by atoms with E-state index in [1.807, 2.05) is 0 Å². The number of hydrogen-bond donors (Lipinski definition) is 1. The van der Waals surface area contributed by atoms with Crippen LogP contribution in [0.2, 0.25) is 51.4 Å². The third-order valence-electron chi connectivity index (χ3n) is 9.28. The summed E-state index contributed by atoms with van der Waals surface area (Å²) in [6, 6.07) is 2.33. The second-order valence-corrected chi connectivity index (χ2v) is 27.7. The minimum atomic E-state index is -2.25. The minimum absolute atomic E-state index is 0.0606. The summed E-state index contributed by atoms with van der Waals surface area (Å²) in [7, 11) is -5.86. The summed E-state index contributed by atoms with van der Waals surface area (Å²) in [4.78, 5) is 23.0. The lowest BCUT2D eigenvalue weighted by Gasteiger charge is -2.54. The van der Waals surface area contributed by atoms with E-state index in [9.17, 15) is 9.59 Å². The summed E-state index contributed by atoms with van der Waals surface area (Å²) in [6.45, 7) is 33.3. The van der Waals surface area contributed by atoms with E-state index in [0.717, 1.165) is 31.7 Å². The van der Waals surface area contributed by atoms with Crippen LogP contribution in [-0.4, -0.2) is 93.4 Å². The van der Waals surface area contributed by atoms with Crippen LogP contribution in [0.3, 0.4) is 0 Å². The molecule has 0 aliphatic rings. The molecule has 0 spiro atoms. The average Bonchev–Trinajstić information content (AvgIpc) is 2.97. The molecular formula is C33H69NO8Si3. The molecule has 0 aliphatic carbocycles. The van der Waals surface area contributed by atoms with Crippen molar-refractivity contribution < 1.29 is 37.4 Å². The summed E-state index contributed by atoms with van der Waals surface area (Å²) >= 11 is 0. The van der Waals surface area contributed by atoms with Gasteiger partial charge >= 0.3 is 12.1 Å². The first-order chi connectivity index (χ1) is 20.9. The lowest BCUT2D eigenvalue weighted by atomic mass is 10.2.